The maximum Gasteiger partial charge on any atom is 0.350 e. The minimum atomic E-state index is -1.19. The lowest BCUT2D eigenvalue weighted by atomic mass is 10.1. The zero-order valence-corrected chi connectivity index (χ0v) is 9.91. The van der Waals surface area contributed by atoms with Gasteiger partial charge < -0.3 is 9.47 Å². The zero-order valence-electron chi connectivity index (χ0n) is 9.91. The first-order valence-corrected chi connectivity index (χ1v) is 5.22. The van der Waals surface area contributed by atoms with Gasteiger partial charge in [-0.1, -0.05) is 20.3 Å². The van der Waals surface area contributed by atoms with Crippen LogP contribution in [0.1, 0.15) is 40.5 Å². The lowest BCUT2D eigenvalue weighted by Gasteiger charge is -2.21. The second-order valence-electron chi connectivity index (χ2n) is 4.22. The summed E-state index contributed by atoms with van der Waals surface area (Å²) in [7, 11) is 0. The predicted octanol–water partition coefficient (Wildman–Crippen LogP) is 1.92. The monoisotopic (exact) mass is 216 g/mol. The van der Waals surface area contributed by atoms with Gasteiger partial charge in [-0.2, -0.15) is 0 Å². The Balaban J connectivity index is 3.97. The van der Waals surface area contributed by atoms with E-state index in [1.807, 2.05) is 6.92 Å². The average molecular weight is 216 g/mol. The highest BCUT2D eigenvalue weighted by molar-refractivity contribution is 5.79. The van der Waals surface area contributed by atoms with Crippen LogP contribution in [0.3, 0.4) is 0 Å². The van der Waals surface area contributed by atoms with Crippen LogP contribution in [0, 0.1) is 5.92 Å². The van der Waals surface area contributed by atoms with E-state index in [1.54, 1.807) is 0 Å². The quantitative estimate of drug-likeness (QED) is 0.482. The van der Waals surface area contributed by atoms with E-state index in [0.717, 1.165) is 12.8 Å². The summed E-state index contributed by atoms with van der Waals surface area (Å²) in [5.74, 6) is -0.163. The van der Waals surface area contributed by atoms with E-state index in [0.29, 0.717) is 12.5 Å². The van der Waals surface area contributed by atoms with Gasteiger partial charge in [0.1, 0.15) is 0 Å². The third kappa shape index (κ3) is 5.40. The standard InChI is InChI=1S/C11H20O4/c1-5-6-9(2)7-14-10(13)11(3,4)15-8-12/h8-9H,5-7H2,1-4H3. The van der Waals surface area contributed by atoms with Crippen LogP contribution in [0.4, 0.5) is 0 Å². The Morgan fingerprint density at radius 2 is 2.07 bits per heavy atom. The van der Waals surface area contributed by atoms with Crippen molar-refractivity contribution in [2.75, 3.05) is 6.61 Å². The Kier molecular flexibility index (Phi) is 5.97. The first kappa shape index (κ1) is 13.9. The highest BCUT2D eigenvalue weighted by Crippen LogP contribution is 2.12. The number of hydrogen-bond donors (Lipinski definition) is 0. The topological polar surface area (TPSA) is 52.6 Å². The summed E-state index contributed by atoms with van der Waals surface area (Å²) in [6.07, 6.45) is 2.08. The molecule has 15 heavy (non-hydrogen) atoms. The number of rotatable bonds is 7. The predicted molar refractivity (Wildman–Crippen MR) is 56.3 cm³/mol. The maximum atomic E-state index is 11.5. The molecule has 0 aromatic heterocycles. The molecule has 0 aliphatic heterocycles. The van der Waals surface area contributed by atoms with Crippen LogP contribution in [0.25, 0.3) is 0 Å². The van der Waals surface area contributed by atoms with Crippen molar-refractivity contribution in [3.63, 3.8) is 0 Å². The minimum Gasteiger partial charge on any atom is -0.462 e. The molecule has 0 amide bonds. The fourth-order valence-corrected chi connectivity index (χ4v) is 1.14. The molecule has 88 valence electrons. The molecular formula is C11H20O4. The molecule has 0 aromatic rings. The van der Waals surface area contributed by atoms with E-state index in [4.69, 9.17) is 4.74 Å². The third-order valence-corrected chi connectivity index (χ3v) is 2.11. The van der Waals surface area contributed by atoms with E-state index in [2.05, 4.69) is 11.7 Å². The molecule has 0 bridgehead atoms. The van der Waals surface area contributed by atoms with Gasteiger partial charge in [0.05, 0.1) is 6.61 Å². The summed E-state index contributed by atoms with van der Waals surface area (Å²) < 4.78 is 9.68. The summed E-state index contributed by atoms with van der Waals surface area (Å²) in [6.45, 7) is 7.75. The van der Waals surface area contributed by atoms with Crippen LogP contribution in [0.2, 0.25) is 0 Å². The van der Waals surface area contributed by atoms with E-state index >= 15 is 0 Å². The third-order valence-electron chi connectivity index (χ3n) is 2.11. The van der Waals surface area contributed by atoms with Gasteiger partial charge in [0.2, 0.25) is 5.60 Å². The Bertz CT molecular complexity index is 211. The van der Waals surface area contributed by atoms with E-state index < -0.39 is 11.6 Å². The van der Waals surface area contributed by atoms with Gasteiger partial charge in [-0.15, -0.1) is 0 Å². The fourth-order valence-electron chi connectivity index (χ4n) is 1.14. The lowest BCUT2D eigenvalue weighted by molar-refractivity contribution is -0.172. The molecule has 4 heteroatoms. The fraction of sp³-hybridized carbons (Fsp3) is 0.818. The van der Waals surface area contributed by atoms with Gasteiger partial charge in [0.15, 0.2) is 0 Å². The first-order chi connectivity index (χ1) is 6.94. The zero-order chi connectivity index (χ0) is 11.9. The molecule has 0 heterocycles. The van der Waals surface area contributed by atoms with Gasteiger partial charge in [-0.3, -0.25) is 4.79 Å². The highest BCUT2D eigenvalue weighted by Gasteiger charge is 2.31. The van der Waals surface area contributed by atoms with Crippen LogP contribution in [-0.2, 0) is 19.1 Å². The van der Waals surface area contributed by atoms with Gasteiger partial charge in [0, 0.05) is 0 Å². The van der Waals surface area contributed by atoms with Gasteiger partial charge in [0.25, 0.3) is 6.47 Å². The van der Waals surface area contributed by atoms with Crippen LogP contribution in [0.5, 0.6) is 0 Å². The van der Waals surface area contributed by atoms with Crippen molar-refractivity contribution in [1.29, 1.82) is 0 Å². The number of ether oxygens (including phenoxy) is 2. The molecule has 0 aliphatic rings. The summed E-state index contributed by atoms with van der Waals surface area (Å²) in [5.41, 5.74) is -1.19. The van der Waals surface area contributed by atoms with Crippen molar-refractivity contribution in [3.05, 3.63) is 0 Å². The Hall–Kier alpha value is -1.06. The van der Waals surface area contributed by atoms with E-state index in [-0.39, 0.29) is 6.47 Å². The Morgan fingerprint density at radius 3 is 2.53 bits per heavy atom. The Labute approximate surface area is 90.9 Å². The van der Waals surface area contributed by atoms with Crippen LogP contribution < -0.4 is 0 Å². The second kappa shape index (κ2) is 6.43. The highest BCUT2D eigenvalue weighted by atomic mass is 16.6. The molecule has 0 saturated heterocycles. The van der Waals surface area contributed by atoms with Crippen molar-refractivity contribution < 1.29 is 19.1 Å². The van der Waals surface area contributed by atoms with Crippen LogP contribution >= 0.6 is 0 Å². The number of carbonyl (C=O) groups excluding carboxylic acids is 2. The largest absolute Gasteiger partial charge is 0.462 e. The van der Waals surface area contributed by atoms with Crippen molar-refractivity contribution in [2.45, 2.75) is 46.1 Å². The lowest BCUT2D eigenvalue weighted by Crippen LogP contribution is -2.37. The molecule has 0 radical (unpaired) electrons. The average Bonchev–Trinajstić information content (AvgIpc) is 2.14. The molecule has 0 saturated carbocycles. The molecule has 0 N–H and O–H groups in total. The molecular weight excluding hydrogens is 196 g/mol. The van der Waals surface area contributed by atoms with Crippen LogP contribution in [0.15, 0.2) is 0 Å². The molecule has 0 rings (SSSR count). The normalized spacial score (nSPS) is 13.1. The van der Waals surface area contributed by atoms with Crippen molar-refractivity contribution in [1.82, 2.24) is 0 Å². The van der Waals surface area contributed by atoms with Crippen molar-refractivity contribution in [2.24, 2.45) is 5.92 Å². The number of esters is 1. The molecule has 0 aromatic carbocycles. The number of hydrogen-bond acceptors (Lipinski definition) is 4. The van der Waals surface area contributed by atoms with Gasteiger partial charge >= 0.3 is 5.97 Å². The maximum absolute atomic E-state index is 11.5. The summed E-state index contributed by atoms with van der Waals surface area (Å²) in [6, 6.07) is 0. The molecule has 1 unspecified atom stereocenters. The summed E-state index contributed by atoms with van der Waals surface area (Å²) in [5, 5.41) is 0. The van der Waals surface area contributed by atoms with Crippen molar-refractivity contribution >= 4 is 12.4 Å². The summed E-state index contributed by atoms with van der Waals surface area (Å²) >= 11 is 0. The first-order valence-electron chi connectivity index (χ1n) is 5.22. The molecule has 0 aliphatic carbocycles. The molecule has 0 fully saturated rings. The van der Waals surface area contributed by atoms with Gasteiger partial charge in [-0.25, -0.2) is 4.79 Å². The summed E-state index contributed by atoms with van der Waals surface area (Å²) in [4.78, 5) is 21.6. The van der Waals surface area contributed by atoms with E-state index in [1.165, 1.54) is 13.8 Å². The van der Waals surface area contributed by atoms with Gasteiger partial charge in [-0.05, 0) is 26.2 Å². The minimum absolute atomic E-state index is 0.261. The SMILES string of the molecule is CCCC(C)COC(=O)C(C)(C)OC=O. The molecule has 1 atom stereocenters. The molecule has 4 nitrogen and oxygen atoms in total. The second-order valence-corrected chi connectivity index (χ2v) is 4.22. The Morgan fingerprint density at radius 1 is 1.47 bits per heavy atom. The van der Waals surface area contributed by atoms with Crippen molar-refractivity contribution in [3.8, 4) is 0 Å². The van der Waals surface area contributed by atoms with Crippen LogP contribution in [-0.4, -0.2) is 24.6 Å². The number of carbonyl (C=O) groups is 2. The van der Waals surface area contributed by atoms with E-state index in [9.17, 15) is 9.59 Å². The molecule has 0 spiro atoms. The smallest absolute Gasteiger partial charge is 0.350 e.